The molecule has 0 saturated carbocycles. The Morgan fingerprint density at radius 2 is 2.22 bits per heavy atom. The summed E-state index contributed by atoms with van der Waals surface area (Å²) in [6.07, 6.45) is -1.83. The Morgan fingerprint density at radius 1 is 1.56 bits per heavy atom. The van der Waals surface area contributed by atoms with Crippen LogP contribution in [0.1, 0.15) is 34.1 Å². The summed E-state index contributed by atoms with van der Waals surface area (Å²) in [5.74, 6) is -1.28. The number of ether oxygens (including phenoxy) is 1. The smallest absolute Gasteiger partial charge is 0.349 e. The van der Waals surface area contributed by atoms with E-state index in [1.807, 2.05) is 0 Å². The molecule has 1 aromatic rings. The minimum atomic E-state index is -1.36. The molecule has 0 aliphatic carbocycles. The molecule has 0 spiro atoms. The first-order valence-electron chi connectivity index (χ1n) is 5.23. The third kappa shape index (κ3) is 3.76. The fourth-order valence-corrected chi connectivity index (χ4v) is 2.06. The molecule has 4 N–H and O–H groups in total. The van der Waals surface area contributed by atoms with Crippen molar-refractivity contribution in [1.29, 1.82) is 0 Å². The highest BCUT2D eigenvalue weighted by molar-refractivity contribution is 7.13. The first-order valence-corrected chi connectivity index (χ1v) is 6.04. The number of aliphatic hydroxyl groups is 2. The minimum absolute atomic E-state index is 0.131. The summed E-state index contributed by atoms with van der Waals surface area (Å²) in [5, 5.41) is 19.3. The highest BCUT2D eigenvalue weighted by atomic mass is 32.1. The van der Waals surface area contributed by atoms with Crippen molar-refractivity contribution in [3.8, 4) is 0 Å². The van der Waals surface area contributed by atoms with E-state index in [4.69, 9.17) is 10.5 Å². The van der Waals surface area contributed by atoms with Gasteiger partial charge in [-0.05, 0) is 6.92 Å². The average Bonchev–Trinajstić information content (AvgIpc) is 2.76. The lowest BCUT2D eigenvalue weighted by molar-refractivity contribution is -0.121. The Labute approximate surface area is 107 Å². The van der Waals surface area contributed by atoms with Crippen molar-refractivity contribution >= 4 is 23.2 Å². The molecule has 100 valence electrons. The molecule has 18 heavy (non-hydrogen) atoms. The van der Waals surface area contributed by atoms with Crippen LogP contribution in [-0.4, -0.2) is 39.8 Å². The number of aromatic nitrogens is 1. The van der Waals surface area contributed by atoms with Crippen LogP contribution < -0.4 is 5.73 Å². The fourth-order valence-electron chi connectivity index (χ4n) is 1.20. The summed E-state index contributed by atoms with van der Waals surface area (Å²) < 4.78 is 4.76. The van der Waals surface area contributed by atoms with Gasteiger partial charge >= 0.3 is 5.97 Å². The van der Waals surface area contributed by atoms with Gasteiger partial charge in [0.2, 0.25) is 5.91 Å². The maximum absolute atomic E-state index is 11.4. The number of carbonyl (C=O) groups excluding carboxylic acids is 2. The van der Waals surface area contributed by atoms with Crippen molar-refractivity contribution in [1.82, 2.24) is 4.98 Å². The van der Waals surface area contributed by atoms with Gasteiger partial charge < -0.3 is 20.7 Å². The van der Waals surface area contributed by atoms with E-state index in [1.165, 1.54) is 6.20 Å². The van der Waals surface area contributed by atoms with Crippen LogP contribution in [0.5, 0.6) is 0 Å². The Kier molecular flexibility index (Phi) is 5.20. The van der Waals surface area contributed by atoms with Crippen LogP contribution in [-0.2, 0) is 9.53 Å². The zero-order valence-corrected chi connectivity index (χ0v) is 10.5. The Hall–Kier alpha value is -1.51. The number of amides is 1. The molecule has 1 amide bonds. The van der Waals surface area contributed by atoms with Gasteiger partial charge in [-0.2, -0.15) is 0 Å². The van der Waals surface area contributed by atoms with E-state index in [0.29, 0.717) is 0 Å². The maximum atomic E-state index is 11.4. The van der Waals surface area contributed by atoms with E-state index in [0.717, 1.165) is 11.3 Å². The molecule has 0 aliphatic rings. The molecule has 0 radical (unpaired) electrons. The van der Waals surface area contributed by atoms with Crippen LogP contribution in [0.15, 0.2) is 6.20 Å². The van der Waals surface area contributed by atoms with Gasteiger partial charge in [0.25, 0.3) is 0 Å². The van der Waals surface area contributed by atoms with Crippen LogP contribution in [0.4, 0.5) is 0 Å². The van der Waals surface area contributed by atoms with E-state index >= 15 is 0 Å². The molecule has 1 heterocycles. The van der Waals surface area contributed by atoms with Crippen molar-refractivity contribution in [2.75, 3.05) is 6.61 Å². The van der Waals surface area contributed by atoms with Crippen LogP contribution in [0.2, 0.25) is 0 Å². The summed E-state index contributed by atoms with van der Waals surface area (Å²) in [5.41, 5.74) is 4.90. The number of esters is 1. The molecular formula is C10H14N2O5S. The number of carbonyl (C=O) groups is 2. The van der Waals surface area contributed by atoms with Crippen LogP contribution in [0.25, 0.3) is 0 Å². The lowest BCUT2D eigenvalue weighted by Gasteiger charge is -2.13. The first-order chi connectivity index (χ1) is 8.45. The van der Waals surface area contributed by atoms with Crippen molar-refractivity contribution in [2.45, 2.75) is 25.6 Å². The van der Waals surface area contributed by atoms with Crippen molar-refractivity contribution in [3.05, 3.63) is 16.1 Å². The Morgan fingerprint density at radius 3 is 2.78 bits per heavy atom. The number of aliphatic hydroxyl groups excluding tert-OH is 2. The van der Waals surface area contributed by atoms with Gasteiger partial charge in [0.15, 0.2) is 0 Å². The zero-order chi connectivity index (χ0) is 13.7. The SMILES string of the molecule is CCOC(=O)c1cnc(C(O)C(O)CC(N)=O)s1. The third-order valence-corrected chi connectivity index (χ3v) is 3.08. The lowest BCUT2D eigenvalue weighted by atomic mass is 10.1. The van der Waals surface area contributed by atoms with Gasteiger partial charge in [0, 0.05) is 0 Å². The van der Waals surface area contributed by atoms with Gasteiger partial charge in [-0.15, -0.1) is 11.3 Å². The number of primary amides is 1. The molecule has 7 nitrogen and oxygen atoms in total. The maximum Gasteiger partial charge on any atom is 0.349 e. The normalized spacial score (nSPS) is 13.9. The largest absolute Gasteiger partial charge is 0.462 e. The van der Waals surface area contributed by atoms with Crippen LogP contribution in [0.3, 0.4) is 0 Å². The number of hydrogen-bond acceptors (Lipinski definition) is 7. The van der Waals surface area contributed by atoms with Crippen molar-refractivity contribution in [2.24, 2.45) is 5.73 Å². The van der Waals surface area contributed by atoms with Gasteiger partial charge in [0.1, 0.15) is 16.0 Å². The molecule has 1 rings (SSSR count). The number of rotatable bonds is 6. The van der Waals surface area contributed by atoms with E-state index < -0.39 is 24.1 Å². The highest BCUT2D eigenvalue weighted by Crippen LogP contribution is 2.24. The number of thiazole rings is 1. The summed E-state index contributed by atoms with van der Waals surface area (Å²) in [6.45, 7) is 1.91. The fraction of sp³-hybridized carbons (Fsp3) is 0.500. The zero-order valence-electron chi connectivity index (χ0n) is 9.70. The van der Waals surface area contributed by atoms with Gasteiger partial charge in [0.05, 0.1) is 25.3 Å². The van der Waals surface area contributed by atoms with Gasteiger partial charge in [-0.1, -0.05) is 0 Å². The number of hydrogen-bond donors (Lipinski definition) is 3. The van der Waals surface area contributed by atoms with Crippen molar-refractivity contribution < 1.29 is 24.5 Å². The van der Waals surface area contributed by atoms with E-state index in [-0.39, 0.29) is 22.9 Å². The van der Waals surface area contributed by atoms with E-state index in [2.05, 4.69) is 4.98 Å². The van der Waals surface area contributed by atoms with Gasteiger partial charge in [-0.3, -0.25) is 4.79 Å². The monoisotopic (exact) mass is 274 g/mol. The Balaban J connectivity index is 2.72. The average molecular weight is 274 g/mol. The second-order valence-electron chi connectivity index (χ2n) is 3.47. The topological polar surface area (TPSA) is 123 Å². The molecule has 0 aromatic carbocycles. The third-order valence-electron chi connectivity index (χ3n) is 2.03. The predicted molar refractivity (Wildman–Crippen MR) is 62.8 cm³/mol. The summed E-state index contributed by atoms with van der Waals surface area (Å²) in [6, 6.07) is 0. The predicted octanol–water partition coefficient (Wildman–Crippen LogP) is -0.411. The van der Waals surface area contributed by atoms with Gasteiger partial charge in [-0.25, -0.2) is 9.78 Å². The molecule has 0 fully saturated rings. The molecule has 0 bridgehead atoms. The molecule has 0 saturated heterocycles. The first kappa shape index (κ1) is 14.6. The second-order valence-corrected chi connectivity index (χ2v) is 4.53. The van der Waals surface area contributed by atoms with Crippen LogP contribution >= 0.6 is 11.3 Å². The quantitative estimate of drug-likeness (QED) is 0.606. The summed E-state index contributed by atoms with van der Waals surface area (Å²) in [7, 11) is 0. The second kappa shape index (κ2) is 6.43. The summed E-state index contributed by atoms with van der Waals surface area (Å²) in [4.78, 5) is 26.0. The molecule has 2 atom stereocenters. The van der Waals surface area contributed by atoms with E-state index in [9.17, 15) is 19.8 Å². The molecular weight excluding hydrogens is 260 g/mol. The van der Waals surface area contributed by atoms with Crippen LogP contribution in [0, 0.1) is 0 Å². The van der Waals surface area contributed by atoms with E-state index in [1.54, 1.807) is 6.92 Å². The molecule has 1 aromatic heterocycles. The number of nitrogens with zero attached hydrogens (tertiary/aromatic N) is 1. The lowest BCUT2D eigenvalue weighted by Crippen LogP contribution is -2.25. The molecule has 0 aliphatic heterocycles. The Bertz CT molecular complexity index is 434. The highest BCUT2D eigenvalue weighted by Gasteiger charge is 2.24. The molecule has 8 heteroatoms. The summed E-state index contributed by atoms with van der Waals surface area (Å²) >= 11 is 0.897. The standard InChI is InChI=1S/C10H14N2O5S/c1-2-17-10(16)6-4-12-9(18-6)8(15)5(13)3-7(11)14/h4-5,8,13,15H,2-3H2,1H3,(H2,11,14). The minimum Gasteiger partial charge on any atom is -0.462 e. The van der Waals surface area contributed by atoms with Crippen molar-refractivity contribution in [3.63, 3.8) is 0 Å². The molecule has 2 unspecified atom stereocenters. The number of nitrogens with two attached hydrogens (primary N) is 1.